The number of ether oxygens (including phenoxy) is 2. The Morgan fingerprint density at radius 1 is 1.21 bits per heavy atom. The van der Waals surface area contributed by atoms with E-state index in [-0.39, 0.29) is 5.54 Å². The van der Waals surface area contributed by atoms with Crippen molar-refractivity contribution in [1.29, 1.82) is 0 Å². The highest BCUT2D eigenvalue weighted by Gasteiger charge is 2.14. The van der Waals surface area contributed by atoms with Crippen LogP contribution in [0.2, 0.25) is 0 Å². The first-order valence-corrected chi connectivity index (χ1v) is 6.12. The molecule has 4 heteroatoms. The van der Waals surface area contributed by atoms with Gasteiger partial charge in [-0.25, -0.2) is 0 Å². The third-order valence-corrected chi connectivity index (χ3v) is 2.40. The number of alkyl halides is 1. The summed E-state index contributed by atoms with van der Waals surface area (Å²) in [5.41, 5.74) is 0.189. The second-order valence-electron chi connectivity index (χ2n) is 3.85. The monoisotopic (exact) mass is 267 g/mol. The van der Waals surface area contributed by atoms with Gasteiger partial charge in [0.25, 0.3) is 0 Å². The summed E-state index contributed by atoms with van der Waals surface area (Å²) in [6, 6.07) is 0. The lowest BCUT2D eigenvalue weighted by molar-refractivity contribution is 0.0695. The first kappa shape index (κ1) is 14.4. The second kappa shape index (κ2) is 8.65. The minimum absolute atomic E-state index is 0.189. The lowest BCUT2D eigenvalue weighted by atomic mass is 10.0. The molecule has 0 aromatic heterocycles. The van der Waals surface area contributed by atoms with Crippen LogP contribution in [-0.2, 0) is 9.47 Å². The molecule has 3 nitrogen and oxygen atoms in total. The summed E-state index contributed by atoms with van der Waals surface area (Å²) in [6.07, 6.45) is 1.12. The highest BCUT2D eigenvalue weighted by molar-refractivity contribution is 9.09. The summed E-state index contributed by atoms with van der Waals surface area (Å²) >= 11 is 3.44. The maximum atomic E-state index is 5.35. The molecule has 0 atom stereocenters. The molecule has 0 aliphatic carbocycles. The predicted molar refractivity (Wildman–Crippen MR) is 63.2 cm³/mol. The van der Waals surface area contributed by atoms with Gasteiger partial charge in [-0.1, -0.05) is 15.9 Å². The first-order chi connectivity index (χ1) is 6.62. The largest absolute Gasteiger partial charge is 0.382 e. The Bertz CT molecular complexity index is 131. The van der Waals surface area contributed by atoms with Crippen LogP contribution in [0.5, 0.6) is 0 Å². The fraction of sp³-hybridized carbons (Fsp3) is 1.00. The van der Waals surface area contributed by atoms with Crippen LogP contribution < -0.4 is 5.32 Å². The van der Waals surface area contributed by atoms with Gasteiger partial charge in [0.15, 0.2) is 0 Å². The highest BCUT2D eigenvalue weighted by atomic mass is 79.9. The molecular weight excluding hydrogens is 246 g/mol. The average Bonchev–Trinajstić information content (AvgIpc) is 2.11. The molecule has 0 saturated carbocycles. The zero-order chi connectivity index (χ0) is 10.9. The normalized spacial score (nSPS) is 12.0. The van der Waals surface area contributed by atoms with Gasteiger partial charge in [-0.3, -0.25) is 0 Å². The first-order valence-electron chi connectivity index (χ1n) is 5.00. The molecule has 1 N–H and O–H groups in total. The van der Waals surface area contributed by atoms with Crippen molar-refractivity contribution in [3.05, 3.63) is 0 Å². The van der Waals surface area contributed by atoms with Crippen molar-refractivity contribution >= 4 is 15.9 Å². The Labute approximate surface area is 95.7 Å². The number of nitrogens with one attached hydrogen (secondary N) is 1. The number of methoxy groups -OCH3 is 1. The molecule has 0 rings (SSSR count). The van der Waals surface area contributed by atoms with Crippen molar-refractivity contribution in [2.45, 2.75) is 25.8 Å². The van der Waals surface area contributed by atoms with E-state index in [9.17, 15) is 0 Å². The SMILES string of the molecule is COCCOCCNC(C)(C)CCBr. The number of halogens is 1. The van der Waals surface area contributed by atoms with Gasteiger partial charge in [-0.15, -0.1) is 0 Å². The number of hydrogen-bond donors (Lipinski definition) is 1. The van der Waals surface area contributed by atoms with Gasteiger partial charge in [0.1, 0.15) is 0 Å². The van der Waals surface area contributed by atoms with E-state index >= 15 is 0 Å². The molecule has 0 spiro atoms. The molecule has 0 saturated heterocycles. The Morgan fingerprint density at radius 3 is 2.50 bits per heavy atom. The van der Waals surface area contributed by atoms with Crippen LogP contribution in [0.1, 0.15) is 20.3 Å². The fourth-order valence-electron chi connectivity index (χ4n) is 1.03. The molecule has 0 heterocycles. The minimum atomic E-state index is 0.189. The van der Waals surface area contributed by atoms with Crippen molar-refractivity contribution in [2.24, 2.45) is 0 Å². The Hall–Kier alpha value is 0.360. The number of rotatable bonds is 9. The number of hydrogen-bond acceptors (Lipinski definition) is 3. The van der Waals surface area contributed by atoms with E-state index in [2.05, 4.69) is 35.1 Å². The molecule has 0 unspecified atom stereocenters. The Morgan fingerprint density at radius 2 is 1.93 bits per heavy atom. The molecule has 86 valence electrons. The second-order valence-corrected chi connectivity index (χ2v) is 4.65. The summed E-state index contributed by atoms with van der Waals surface area (Å²) < 4.78 is 10.2. The summed E-state index contributed by atoms with van der Waals surface area (Å²) in [4.78, 5) is 0. The van der Waals surface area contributed by atoms with Gasteiger partial charge in [0.2, 0.25) is 0 Å². The van der Waals surface area contributed by atoms with E-state index < -0.39 is 0 Å². The summed E-state index contributed by atoms with van der Waals surface area (Å²) in [7, 11) is 1.68. The fourth-order valence-corrected chi connectivity index (χ4v) is 2.02. The van der Waals surface area contributed by atoms with Crippen molar-refractivity contribution in [3.63, 3.8) is 0 Å². The molecule has 0 fully saturated rings. The lowest BCUT2D eigenvalue weighted by Crippen LogP contribution is -2.41. The van der Waals surface area contributed by atoms with Gasteiger partial charge in [-0.05, 0) is 20.3 Å². The van der Waals surface area contributed by atoms with E-state index in [1.807, 2.05) is 0 Å². The quantitative estimate of drug-likeness (QED) is 0.511. The topological polar surface area (TPSA) is 30.5 Å². The molecule has 14 heavy (non-hydrogen) atoms. The van der Waals surface area contributed by atoms with Crippen molar-refractivity contribution in [2.75, 3.05) is 38.8 Å². The third kappa shape index (κ3) is 8.94. The van der Waals surface area contributed by atoms with Gasteiger partial charge in [0, 0.05) is 24.5 Å². The highest BCUT2D eigenvalue weighted by Crippen LogP contribution is 2.09. The zero-order valence-electron chi connectivity index (χ0n) is 9.44. The van der Waals surface area contributed by atoms with E-state index in [0.717, 1.165) is 24.9 Å². The zero-order valence-corrected chi connectivity index (χ0v) is 11.0. The molecule has 0 aliphatic heterocycles. The van der Waals surface area contributed by atoms with Crippen LogP contribution in [0.3, 0.4) is 0 Å². The smallest absolute Gasteiger partial charge is 0.0700 e. The predicted octanol–water partition coefficient (Wildman–Crippen LogP) is 1.80. The van der Waals surface area contributed by atoms with E-state index in [0.29, 0.717) is 13.2 Å². The Kier molecular flexibility index (Phi) is 8.87. The maximum absolute atomic E-state index is 5.35. The van der Waals surface area contributed by atoms with Crippen LogP contribution in [0.25, 0.3) is 0 Å². The summed E-state index contributed by atoms with van der Waals surface area (Å²) in [6.45, 7) is 7.38. The van der Waals surface area contributed by atoms with Crippen LogP contribution in [0.4, 0.5) is 0 Å². The van der Waals surface area contributed by atoms with E-state index in [4.69, 9.17) is 9.47 Å². The van der Waals surface area contributed by atoms with Gasteiger partial charge < -0.3 is 14.8 Å². The van der Waals surface area contributed by atoms with Crippen LogP contribution in [0, 0.1) is 0 Å². The molecule has 0 radical (unpaired) electrons. The molecule has 0 aromatic carbocycles. The minimum Gasteiger partial charge on any atom is -0.382 e. The Balaban J connectivity index is 3.26. The molecule has 0 amide bonds. The molecular formula is C10H22BrNO2. The van der Waals surface area contributed by atoms with Crippen LogP contribution >= 0.6 is 15.9 Å². The van der Waals surface area contributed by atoms with E-state index in [1.54, 1.807) is 7.11 Å². The van der Waals surface area contributed by atoms with Gasteiger partial charge >= 0.3 is 0 Å². The summed E-state index contributed by atoms with van der Waals surface area (Å²) in [5.74, 6) is 0. The molecule has 0 aliphatic rings. The third-order valence-electron chi connectivity index (χ3n) is 2.00. The standard InChI is InChI=1S/C10H22BrNO2/c1-10(2,4-5-11)12-6-7-14-9-8-13-3/h12H,4-9H2,1-3H3. The summed E-state index contributed by atoms with van der Waals surface area (Å²) in [5, 5.41) is 4.47. The average molecular weight is 268 g/mol. The van der Waals surface area contributed by atoms with Crippen molar-refractivity contribution in [1.82, 2.24) is 5.32 Å². The maximum Gasteiger partial charge on any atom is 0.0700 e. The van der Waals surface area contributed by atoms with Crippen LogP contribution in [0.15, 0.2) is 0 Å². The van der Waals surface area contributed by atoms with Crippen molar-refractivity contribution < 1.29 is 9.47 Å². The molecule has 0 bridgehead atoms. The van der Waals surface area contributed by atoms with Crippen molar-refractivity contribution in [3.8, 4) is 0 Å². The van der Waals surface area contributed by atoms with Gasteiger partial charge in [-0.2, -0.15) is 0 Å². The van der Waals surface area contributed by atoms with Gasteiger partial charge in [0.05, 0.1) is 19.8 Å². The molecule has 0 aromatic rings. The van der Waals surface area contributed by atoms with E-state index in [1.165, 1.54) is 0 Å². The lowest BCUT2D eigenvalue weighted by Gasteiger charge is -2.25. The van der Waals surface area contributed by atoms with Crippen LogP contribution in [-0.4, -0.2) is 44.3 Å².